The van der Waals surface area contributed by atoms with E-state index in [2.05, 4.69) is 10.3 Å². The van der Waals surface area contributed by atoms with Gasteiger partial charge in [0.25, 0.3) is 5.69 Å². The normalized spacial score (nSPS) is 16.6. The second kappa shape index (κ2) is 8.48. The second-order valence-corrected chi connectivity index (χ2v) is 6.31. The lowest BCUT2D eigenvalue weighted by Crippen LogP contribution is -2.48. The Morgan fingerprint density at radius 1 is 1.33 bits per heavy atom. The minimum Gasteiger partial charge on any atom is -0.450 e. The van der Waals surface area contributed by atoms with Crippen LogP contribution in [0.25, 0.3) is 11.3 Å². The molecule has 0 saturated carbocycles. The number of amides is 1. The first-order chi connectivity index (χ1) is 13.1. The Kier molecular flexibility index (Phi) is 5.85. The van der Waals surface area contributed by atoms with Gasteiger partial charge in [-0.15, -0.1) is 0 Å². The summed E-state index contributed by atoms with van der Waals surface area (Å²) in [6.45, 7) is 3.45. The van der Waals surface area contributed by atoms with Gasteiger partial charge in [-0.3, -0.25) is 10.1 Å². The van der Waals surface area contributed by atoms with Crippen molar-refractivity contribution in [1.29, 1.82) is 0 Å². The quantitative estimate of drug-likeness (QED) is 0.640. The number of hydrogen-bond acceptors (Lipinski definition) is 6. The summed E-state index contributed by atoms with van der Waals surface area (Å²) in [7, 11) is 0. The van der Waals surface area contributed by atoms with Crippen molar-refractivity contribution in [3.8, 4) is 11.3 Å². The van der Waals surface area contributed by atoms with Crippen LogP contribution in [0, 0.1) is 10.1 Å². The van der Waals surface area contributed by atoms with Crippen LogP contribution in [0.4, 0.5) is 16.3 Å². The molecule has 1 amide bonds. The summed E-state index contributed by atoms with van der Waals surface area (Å²) in [4.78, 5) is 29.3. The van der Waals surface area contributed by atoms with Crippen molar-refractivity contribution in [2.45, 2.75) is 25.8 Å². The van der Waals surface area contributed by atoms with E-state index < -0.39 is 11.0 Å². The van der Waals surface area contributed by atoms with Crippen molar-refractivity contribution in [2.75, 3.05) is 24.6 Å². The smallest absolute Gasteiger partial charge is 0.407 e. The maximum absolute atomic E-state index is 11.7. The molecule has 1 saturated heterocycles. The highest BCUT2D eigenvalue weighted by atomic mass is 16.6. The first-order valence-electron chi connectivity index (χ1n) is 8.97. The predicted molar refractivity (Wildman–Crippen MR) is 102 cm³/mol. The zero-order valence-electron chi connectivity index (χ0n) is 15.1. The lowest BCUT2D eigenvalue weighted by Gasteiger charge is -2.33. The summed E-state index contributed by atoms with van der Waals surface area (Å²) >= 11 is 0. The maximum Gasteiger partial charge on any atom is 0.407 e. The van der Waals surface area contributed by atoms with Crippen molar-refractivity contribution in [3.63, 3.8) is 0 Å². The molecular formula is C19H22N4O4. The molecule has 0 aliphatic carbocycles. The molecule has 2 heterocycles. The van der Waals surface area contributed by atoms with Crippen LogP contribution in [0.15, 0.2) is 42.5 Å². The number of carbonyl (C=O) groups excluding carboxylic acids is 1. The average molecular weight is 370 g/mol. The van der Waals surface area contributed by atoms with Crippen molar-refractivity contribution < 1.29 is 14.5 Å². The number of hydrogen-bond donors (Lipinski definition) is 1. The number of alkyl carbamates (subject to hydrolysis) is 1. The van der Waals surface area contributed by atoms with Gasteiger partial charge < -0.3 is 15.0 Å². The van der Waals surface area contributed by atoms with Gasteiger partial charge in [-0.05, 0) is 25.8 Å². The predicted octanol–water partition coefficient (Wildman–Crippen LogP) is 3.37. The molecule has 0 bridgehead atoms. The zero-order valence-corrected chi connectivity index (χ0v) is 15.1. The fraction of sp³-hybridized carbons (Fsp3) is 0.368. The SMILES string of the molecule is CCOC(=O)NC1CCCN(c2ccc([N+](=O)[O-])c(-c3ccccc3)n2)C1. The van der Waals surface area contributed by atoms with E-state index in [0.29, 0.717) is 30.2 Å². The second-order valence-electron chi connectivity index (χ2n) is 6.31. The first-order valence-corrected chi connectivity index (χ1v) is 8.97. The van der Waals surface area contributed by atoms with Crippen LogP contribution in [0.1, 0.15) is 19.8 Å². The van der Waals surface area contributed by atoms with E-state index in [1.54, 1.807) is 25.1 Å². The van der Waals surface area contributed by atoms with Crippen molar-refractivity contribution in [1.82, 2.24) is 10.3 Å². The van der Waals surface area contributed by atoms with Gasteiger partial charge in [0.1, 0.15) is 5.82 Å². The van der Waals surface area contributed by atoms with Crippen molar-refractivity contribution >= 4 is 17.6 Å². The Morgan fingerprint density at radius 2 is 2.11 bits per heavy atom. The number of rotatable bonds is 5. The molecule has 142 valence electrons. The van der Waals surface area contributed by atoms with Gasteiger partial charge in [0, 0.05) is 30.8 Å². The molecule has 0 spiro atoms. The maximum atomic E-state index is 11.7. The Labute approximate surface area is 157 Å². The van der Waals surface area contributed by atoms with Crippen molar-refractivity contribution in [3.05, 3.63) is 52.6 Å². The Balaban J connectivity index is 1.84. The van der Waals surface area contributed by atoms with Crippen LogP contribution in [-0.2, 0) is 4.74 Å². The number of ether oxygens (including phenoxy) is 1. The van der Waals surface area contributed by atoms with E-state index in [4.69, 9.17) is 4.74 Å². The Morgan fingerprint density at radius 3 is 2.81 bits per heavy atom. The standard InChI is InChI=1S/C19H22N4O4/c1-2-27-19(24)20-15-9-6-12-22(13-15)17-11-10-16(23(25)26)18(21-17)14-7-4-3-5-8-14/h3-5,7-8,10-11,15H,2,6,9,12-13H2,1H3,(H,20,24). The summed E-state index contributed by atoms with van der Waals surface area (Å²) in [6.07, 6.45) is 1.32. The summed E-state index contributed by atoms with van der Waals surface area (Å²) in [5, 5.41) is 14.3. The molecule has 8 nitrogen and oxygen atoms in total. The molecule has 1 N–H and O–H groups in total. The fourth-order valence-corrected chi connectivity index (χ4v) is 3.22. The van der Waals surface area contributed by atoms with E-state index in [-0.39, 0.29) is 11.7 Å². The van der Waals surface area contributed by atoms with E-state index in [1.165, 1.54) is 6.07 Å². The topological polar surface area (TPSA) is 97.6 Å². The van der Waals surface area contributed by atoms with Gasteiger partial charge in [-0.25, -0.2) is 9.78 Å². The first kappa shape index (κ1) is 18.6. The molecule has 1 fully saturated rings. The summed E-state index contributed by atoms with van der Waals surface area (Å²) in [6, 6.07) is 12.2. The van der Waals surface area contributed by atoms with Crippen molar-refractivity contribution in [2.24, 2.45) is 0 Å². The lowest BCUT2D eigenvalue weighted by molar-refractivity contribution is -0.384. The molecule has 1 aromatic carbocycles. The van der Waals surface area contributed by atoms with Crippen LogP contribution < -0.4 is 10.2 Å². The number of nitrogens with zero attached hydrogens (tertiary/aromatic N) is 3. The number of aromatic nitrogens is 1. The van der Waals surface area contributed by atoms with E-state index >= 15 is 0 Å². The van der Waals surface area contributed by atoms with Crippen LogP contribution in [0.3, 0.4) is 0 Å². The number of benzene rings is 1. The molecule has 1 aliphatic heterocycles. The number of nitro groups is 1. The van der Waals surface area contributed by atoms with Gasteiger partial charge in [0.05, 0.1) is 11.5 Å². The van der Waals surface area contributed by atoms with Gasteiger partial charge in [-0.1, -0.05) is 30.3 Å². The largest absolute Gasteiger partial charge is 0.450 e. The molecule has 1 aliphatic rings. The minimum atomic E-state index is -0.425. The highest BCUT2D eigenvalue weighted by Gasteiger charge is 2.25. The van der Waals surface area contributed by atoms with Gasteiger partial charge in [0.15, 0.2) is 5.69 Å². The monoisotopic (exact) mass is 370 g/mol. The van der Waals surface area contributed by atoms with Crippen LogP contribution in [-0.4, -0.2) is 41.7 Å². The number of nitrogens with one attached hydrogen (secondary N) is 1. The molecule has 2 aromatic rings. The summed E-state index contributed by atoms with van der Waals surface area (Å²) < 4.78 is 4.95. The zero-order chi connectivity index (χ0) is 19.2. The van der Waals surface area contributed by atoms with Gasteiger partial charge >= 0.3 is 6.09 Å². The minimum absolute atomic E-state index is 0.0249. The molecule has 3 rings (SSSR count). The van der Waals surface area contributed by atoms with E-state index in [0.717, 1.165) is 19.4 Å². The Hall–Kier alpha value is -3.16. The molecule has 27 heavy (non-hydrogen) atoms. The average Bonchev–Trinajstić information content (AvgIpc) is 2.68. The van der Waals surface area contributed by atoms with Crippen LogP contribution >= 0.6 is 0 Å². The summed E-state index contributed by atoms with van der Waals surface area (Å²) in [5.41, 5.74) is 1.02. The van der Waals surface area contributed by atoms with Crippen LogP contribution in [0.5, 0.6) is 0 Å². The molecular weight excluding hydrogens is 348 g/mol. The van der Waals surface area contributed by atoms with E-state index in [1.807, 2.05) is 23.1 Å². The molecule has 8 heteroatoms. The molecule has 1 unspecified atom stereocenters. The number of carbonyl (C=O) groups is 1. The lowest BCUT2D eigenvalue weighted by atomic mass is 10.1. The number of piperidine rings is 1. The fourth-order valence-electron chi connectivity index (χ4n) is 3.22. The highest BCUT2D eigenvalue weighted by molar-refractivity contribution is 5.71. The third-order valence-corrected chi connectivity index (χ3v) is 4.45. The molecule has 0 radical (unpaired) electrons. The molecule has 1 atom stereocenters. The Bertz CT molecular complexity index is 813. The molecule has 1 aromatic heterocycles. The third-order valence-electron chi connectivity index (χ3n) is 4.45. The van der Waals surface area contributed by atoms with Gasteiger partial charge in [-0.2, -0.15) is 0 Å². The van der Waals surface area contributed by atoms with Gasteiger partial charge in [0.2, 0.25) is 0 Å². The van der Waals surface area contributed by atoms with Crippen LogP contribution in [0.2, 0.25) is 0 Å². The van der Waals surface area contributed by atoms with E-state index in [9.17, 15) is 14.9 Å². The number of pyridine rings is 1. The third kappa shape index (κ3) is 4.52. The number of anilines is 1. The highest BCUT2D eigenvalue weighted by Crippen LogP contribution is 2.31. The summed E-state index contributed by atoms with van der Waals surface area (Å²) in [5.74, 6) is 0.662.